The fourth-order valence-corrected chi connectivity index (χ4v) is 2.50. The van der Waals surface area contributed by atoms with Gasteiger partial charge in [0.15, 0.2) is 0 Å². The smallest absolute Gasteiger partial charge is 0.229 e. The molecule has 2 rings (SSSR count). The molecule has 1 saturated carbocycles. The fourth-order valence-electron chi connectivity index (χ4n) is 2.50. The van der Waals surface area contributed by atoms with Crippen molar-refractivity contribution in [3.63, 3.8) is 0 Å². The summed E-state index contributed by atoms with van der Waals surface area (Å²) in [7, 11) is 0. The summed E-state index contributed by atoms with van der Waals surface area (Å²) in [6.45, 7) is 4.32. The Balaban J connectivity index is 0.00000180. The maximum atomic E-state index is 12.1. The van der Waals surface area contributed by atoms with E-state index >= 15 is 0 Å². The van der Waals surface area contributed by atoms with Crippen molar-refractivity contribution in [2.75, 3.05) is 5.32 Å². The summed E-state index contributed by atoms with van der Waals surface area (Å²) in [5.74, 6) is 0.560. The average Bonchev–Trinajstić information content (AvgIpc) is 2.76. The minimum atomic E-state index is -0.0187. The SMILES string of the molecule is CC(C)c1ccc(NC(=O)C2CCCC2N)cc1.Cl. The lowest BCUT2D eigenvalue weighted by Gasteiger charge is -2.15. The van der Waals surface area contributed by atoms with E-state index in [2.05, 4.69) is 31.3 Å². The van der Waals surface area contributed by atoms with Crippen LogP contribution in [-0.4, -0.2) is 11.9 Å². The molecule has 0 radical (unpaired) electrons. The molecule has 19 heavy (non-hydrogen) atoms. The van der Waals surface area contributed by atoms with Crippen molar-refractivity contribution in [2.24, 2.45) is 11.7 Å². The van der Waals surface area contributed by atoms with Crippen LogP contribution in [0.4, 0.5) is 5.69 Å². The van der Waals surface area contributed by atoms with Gasteiger partial charge >= 0.3 is 0 Å². The van der Waals surface area contributed by atoms with Gasteiger partial charge in [-0.25, -0.2) is 0 Å². The number of benzene rings is 1. The van der Waals surface area contributed by atoms with Crippen LogP contribution in [0.3, 0.4) is 0 Å². The monoisotopic (exact) mass is 282 g/mol. The summed E-state index contributed by atoms with van der Waals surface area (Å²) < 4.78 is 0. The molecule has 1 fully saturated rings. The molecule has 1 aliphatic rings. The van der Waals surface area contributed by atoms with Crippen molar-refractivity contribution >= 4 is 24.0 Å². The van der Waals surface area contributed by atoms with E-state index in [1.54, 1.807) is 0 Å². The normalized spacial score (nSPS) is 22.1. The summed E-state index contributed by atoms with van der Waals surface area (Å²) in [6.07, 6.45) is 2.94. The summed E-state index contributed by atoms with van der Waals surface area (Å²) in [4.78, 5) is 12.1. The summed E-state index contributed by atoms with van der Waals surface area (Å²) in [5, 5.41) is 2.96. The lowest BCUT2D eigenvalue weighted by Crippen LogP contribution is -2.34. The van der Waals surface area contributed by atoms with E-state index in [9.17, 15) is 4.79 Å². The third-order valence-electron chi connectivity index (χ3n) is 3.75. The number of hydrogen-bond acceptors (Lipinski definition) is 2. The summed E-state index contributed by atoms with van der Waals surface area (Å²) in [6, 6.07) is 8.09. The van der Waals surface area contributed by atoms with Crippen molar-refractivity contribution < 1.29 is 4.79 Å². The Morgan fingerprint density at radius 3 is 2.37 bits per heavy atom. The van der Waals surface area contributed by atoms with Crippen LogP contribution in [0, 0.1) is 5.92 Å². The van der Waals surface area contributed by atoms with Crippen molar-refractivity contribution in [3.8, 4) is 0 Å². The van der Waals surface area contributed by atoms with Gasteiger partial charge < -0.3 is 11.1 Å². The molecular formula is C15H23ClN2O. The van der Waals surface area contributed by atoms with Crippen LogP contribution < -0.4 is 11.1 Å². The van der Waals surface area contributed by atoms with Gasteiger partial charge in [0.1, 0.15) is 0 Å². The molecule has 0 saturated heterocycles. The lowest BCUT2D eigenvalue weighted by molar-refractivity contribution is -0.120. The maximum absolute atomic E-state index is 12.1. The first-order chi connectivity index (χ1) is 8.58. The molecule has 0 aromatic heterocycles. The molecule has 3 N–H and O–H groups in total. The Hall–Kier alpha value is -1.06. The quantitative estimate of drug-likeness (QED) is 0.894. The van der Waals surface area contributed by atoms with E-state index in [1.165, 1.54) is 5.56 Å². The number of carbonyl (C=O) groups is 1. The second-order valence-electron chi connectivity index (χ2n) is 5.47. The van der Waals surface area contributed by atoms with Gasteiger partial charge in [-0.3, -0.25) is 4.79 Å². The second kappa shape index (κ2) is 6.92. The van der Waals surface area contributed by atoms with Gasteiger partial charge in [-0.15, -0.1) is 12.4 Å². The number of nitrogens with two attached hydrogens (primary N) is 1. The highest BCUT2D eigenvalue weighted by Crippen LogP contribution is 2.25. The molecule has 1 aromatic rings. The maximum Gasteiger partial charge on any atom is 0.229 e. The molecule has 1 amide bonds. The molecule has 2 unspecified atom stereocenters. The van der Waals surface area contributed by atoms with Crippen LogP contribution in [0.15, 0.2) is 24.3 Å². The van der Waals surface area contributed by atoms with E-state index < -0.39 is 0 Å². The van der Waals surface area contributed by atoms with Gasteiger partial charge in [0.05, 0.1) is 5.92 Å². The molecular weight excluding hydrogens is 260 g/mol. The molecule has 3 nitrogen and oxygen atoms in total. The van der Waals surface area contributed by atoms with Crippen LogP contribution in [0.2, 0.25) is 0 Å². The number of halogens is 1. The first-order valence-electron chi connectivity index (χ1n) is 6.74. The molecule has 4 heteroatoms. The number of rotatable bonds is 3. The Morgan fingerprint density at radius 2 is 1.89 bits per heavy atom. The Kier molecular flexibility index (Phi) is 5.83. The third kappa shape index (κ3) is 3.95. The molecule has 1 aliphatic carbocycles. The van der Waals surface area contributed by atoms with Gasteiger partial charge in [-0.1, -0.05) is 32.4 Å². The zero-order valence-corrected chi connectivity index (χ0v) is 12.4. The van der Waals surface area contributed by atoms with E-state index in [0.717, 1.165) is 24.9 Å². The van der Waals surface area contributed by atoms with Crippen LogP contribution >= 0.6 is 12.4 Å². The third-order valence-corrected chi connectivity index (χ3v) is 3.75. The summed E-state index contributed by atoms with van der Waals surface area (Å²) >= 11 is 0. The molecule has 0 bridgehead atoms. The molecule has 106 valence electrons. The van der Waals surface area contributed by atoms with Crippen molar-refractivity contribution in [1.82, 2.24) is 0 Å². The van der Waals surface area contributed by atoms with E-state index in [0.29, 0.717) is 5.92 Å². The van der Waals surface area contributed by atoms with Gasteiger partial charge in [0.25, 0.3) is 0 Å². The Bertz CT molecular complexity index is 417. The number of hydrogen-bond donors (Lipinski definition) is 2. The first kappa shape index (κ1) is 16.0. The number of amides is 1. The average molecular weight is 283 g/mol. The fraction of sp³-hybridized carbons (Fsp3) is 0.533. The predicted molar refractivity (Wildman–Crippen MR) is 81.7 cm³/mol. The van der Waals surface area contributed by atoms with E-state index in [1.807, 2.05) is 12.1 Å². The number of carbonyl (C=O) groups excluding carboxylic acids is 1. The largest absolute Gasteiger partial charge is 0.327 e. The van der Waals surface area contributed by atoms with E-state index in [4.69, 9.17) is 5.73 Å². The topological polar surface area (TPSA) is 55.1 Å². The zero-order chi connectivity index (χ0) is 13.1. The van der Waals surface area contributed by atoms with Crippen LogP contribution in [-0.2, 0) is 4.79 Å². The van der Waals surface area contributed by atoms with Crippen molar-refractivity contribution in [2.45, 2.75) is 45.1 Å². The predicted octanol–water partition coefficient (Wildman–Crippen LogP) is 3.30. The standard InChI is InChI=1S/C15H22N2O.ClH/c1-10(2)11-6-8-12(9-7-11)17-15(18)13-4-3-5-14(13)16;/h6-10,13-14H,3-5,16H2,1-2H3,(H,17,18);1H. The van der Waals surface area contributed by atoms with Crippen molar-refractivity contribution in [3.05, 3.63) is 29.8 Å². The minimum Gasteiger partial charge on any atom is -0.327 e. The number of nitrogens with one attached hydrogen (secondary N) is 1. The van der Waals surface area contributed by atoms with Crippen LogP contribution in [0.25, 0.3) is 0 Å². The highest BCUT2D eigenvalue weighted by molar-refractivity contribution is 5.93. The highest BCUT2D eigenvalue weighted by atomic mass is 35.5. The Labute approximate surface area is 121 Å². The van der Waals surface area contributed by atoms with Gasteiger partial charge in [-0.2, -0.15) is 0 Å². The molecule has 0 aliphatic heterocycles. The summed E-state index contributed by atoms with van der Waals surface area (Å²) in [5.41, 5.74) is 8.08. The zero-order valence-electron chi connectivity index (χ0n) is 11.6. The van der Waals surface area contributed by atoms with Crippen molar-refractivity contribution in [1.29, 1.82) is 0 Å². The number of anilines is 1. The minimum absolute atomic E-state index is 0. The van der Waals surface area contributed by atoms with Crippen LogP contribution in [0.1, 0.15) is 44.6 Å². The first-order valence-corrected chi connectivity index (χ1v) is 6.74. The van der Waals surface area contributed by atoms with Gasteiger partial charge in [0, 0.05) is 11.7 Å². The molecule has 0 spiro atoms. The lowest BCUT2D eigenvalue weighted by atomic mass is 10.0. The Morgan fingerprint density at radius 1 is 1.26 bits per heavy atom. The van der Waals surface area contributed by atoms with E-state index in [-0.39, 0.29) is 30.3 Å². The highest BCUT2D eigenvalue weighted by Gasteiger charge is 2.30. The van der Waals surface area contributed by atoms with Crippen LogP contribution in [0.5, 0.6) is 0 Å². The second-order valence-corrected chi connectivity index (χ2v) is 5.47. The van der Waals surface area contributed by atoms with Gasteiger partial charge in [-0.05, 0) is 36.5 Å². The van der Waals surface area contributed by atoms with Gasteiger partial charge in [0.2, 0.25) is 5.91 Å². The molecule has 2 atom stereocenters. The molecule has 0 heterocycles. The molecule has 1 aromatic carbocycles.